The van der Waals surface area contributed by atoms with Gasteiger partial charge in [-0.3, -0.25) is 4.79 Å². The van der Waals surface area contributed by atoms with Gasteiger partial charge in [0.2, 0.25) is 0 Å². The van der Waals surface area contributed by atoms with Gasteiger partial charge < -0.3 is 9.73 Å². The molecule has 1 amide bonds. The van der Waals surface area contributed by atoms with Gasteiger partial charge in [-0.2, -0.15) is 0 Å². The molecule has 0 radical (unpaired) electrons. The molecular weight excluding hydrogens is 270 g/mol. The van der Waals surface area contributed by atoms with E-state index in [4.69, 9.17) is 4.42 Å². The lowest BCUT2D eigenvalue weighted by Crippen LogP contribution is -2.31. The summed E-state index contributed by atoms with van der Waals surface area (Å²) >= 11 is 3.57. The van der Waals surface area contributed by atoms with E-state index in [1.165, 1.54) is 12.5 Å². The lowest BCUT2D eigenvalue weighted by atomic mass is 9.90. The van der Waals surface area contributed by atoms with Gasteiger partial charge in [0.25, 0.3) is 5.91 Å². The Hall–Kier alpha value is -0.770. The molecule has 0 fully saturated rings. The van der Waals surface area contributed by atoms with Crippen LogP contribution in [-0.2, 0) is 0 Å². The number of nitrogens with one attached hydrogen (secondary N) is 1. The summed E-state index contributed by atoms with van der Waals surface area (Å²) in [6.07, 6.45) is 3.96. The molecule has 0 spiro atoms. The molecule has 1 unspecified atom stereocenters. The van der Waals surface area contributed by atoms with Crippen molar-refractivity contribution in [2.24, 2.45) is 5.41 Å². The van der Waals surface area contributed by atoms with E-state index in [0.29, 0.717) is 16.9 Å². The highest BCUT2D eigenvalue weighted by Crippen LogP contribution is 2.24. The lowest BCUT2D eigenvalue weighted by molar-refractivity contribution is 0.0952. The van der Waals surface area contributed by atoms with E-state index in [0.717, 1.165) is 6.42 Å². The number of amides is 1. The first-order valence-electron chi connectivity index (χ1n) is 5.33. The molecule has 1 atom stereocenters. The highest BCUT2D eigenvalue weighted by molar-refractivity contribution is 9.09. The largest absolute Gasteiger partial charge is 0.472 e. The average molecular weight is 288 g/mol. The Kier molecular flexibility index (Phi) is 4.59. The molecule has 1 rings (SSSR count). The van der Waals surface area contributed by atoms with Gasteiger partial charge in [-0.15, -0.1) is 0 Å². The molecule has 90 valence electrons. The van der Waals surface area contributed by atoms with Crippen molar-refractivity contribution in [3.63, 3.8) is 0 Å². The van der Waals surface area contributed by atoms with Gasteiger partial charge in [0.05, 0.1) is 11.8 Å². The topological polar surface area (TPSA) is 42.2 Å². The second kappa shape index (κ2) is 5.53. The molecule has 4 heteroatoms. The zero-order chi connectivity index (χ0) is 12.2. The summed E-state index contributed by atoms with van der Waals surface area (Å²) in [7, 11) is 0. The average Bonchev–Trinajstić information content (AvgIpc) is 2.64. The monoisotopic (exact) mass is 287 g/mol. The smallest absolute Gasteiger partial charge is 0.254 e. The van der Waals surface area contributed by atoms with Crippen LogP contribution in [0.1, 0.15) is 37.6 Å². The third-order valence-corrected chi connectivity index (χ3v) is 2.75. The van der Waals surface area contributed by atoms with E-state index in [1.807, 2.05) is 0 Å². The number of rotatable bonds is 4. The van der Waals surface area contributed by atoms with Crippen molar-refractivity contribution in [1.82, 2.24) is 5.32 Å². The number of furan rings is 1. The van der Waals surface area contributed by atoms with E-state index < -0.39 is 0 Å². The fourth-order valence-electron chi connectivity index (χ4n) is 1.44. The van der Waals surface area contributed by atoms with E-state index in [-0.39, 0.29) is 11.3 Å². The molecule has 1 N–H and O–H groups in total. The standard InChI is InChI=1S/C12H18BrNO2/c1-12(2,3)6-10(13)7-14-11(15)9-4-5-16-8-9/h4-5,8,10H,6-7H2,1-3H3,(H,14,15). The third kappa shape index (κ3) is 4.84. The van der Waals surface area contributed by atoms with Gasteiger partial charge >= 0.3 is 0 Å². The van der Waals surface area contributed by atoms with Crippen molar-refractivity contribution in [3.05, 3.63) is 24.2 Å². The molecule has 1 heterocycles. The Morgan fingerprint density at radius 2 is 2.25 bits per heavy atom. The predicted molar refractivity (Wildman–Crippen MR) is 67.8 cm³/mol. The molecule has 0 saturated heterocycles. The van der Waals surface area contributed by atoms with Gasteiger partial charge in [-0.25, -0.2) is 0 Å². The van der Waals surface area contributed by atoms with E-state index in [1.54, 1.807) is 6.07 Å². The fraction of sp³-hybridized carbons (Fsp3) is 0.583. The summed E-state index contributed by atoms with van der Waals surface area (Å²) in [6, 6.07) is 1.66. The second-order valence-electron chi connectivity index (χ2n) is 5.08. The molecule has 0 aliphatic heterocycles. The first-order chi connectivity index (χ1) is 7.38. The van der Waals surface area contributed by atoms with Crippen LogP contribution in [0.4, 0.5) is 0 Å². The zero-order valence-electron chi connectivity index (χ0n) is 9.92. The minimum atomic E-state index is -0.0906. The van der Waals surface area contributed by atoms with Gasteiger partial charge in [0.15, 0.2) is 0 Å². The molecular formula is C12H18BrNO2. The molecule has 0 bridgehead atoms. The first-order valence-corrected chi connectivity index (χ1v) is 6.24. The van der Waals surface area contributed by atoms with Gasteiger partial charge in [-0.1, -0.05) is 36.7 Å². The molecule has 0 aliphatic rings. The van der Waals surface area contributed by atoms with Crippen LogP contribution in [0.2, 0.25) is 0 Å². The highest BCUT2D eigenvalue weighted by atomic mass is 79.9. The Morgan fingerprint density at radius 3 is 2.75 bits per heavy atom. The normalized spacial score (nSPS) is 13.5. The van der Waals surface area contributed by atoms with E-state index in [9.17, 15) is 4.79 Å². The van der Waals surface area contributed by atoms with Crippen LogP contribution in [0.5, 0.6) is 0 Å². The summed E-state index contributed by atoms with van der Waals surface area (Å²) < 4.78 is 4.85. The van der Waals surface area contributed by atoms with Crippen LogP contribution in [-0.4, -0.2) is 17.3 Å². The molecule has 16 heavy (non-hydrogen) atoms. The van der Waals surface area contributed by atoms with E-state index >= 15 is 0 Å². The molecule has 1 aromatic rings. The Bertz CT molecular complexity index is 327. The van der Waals surface area contributed by atoms with E-state index in [2.05, 4.69) is 42.0 Å². The highest BCUT2D eigenvalue weighted by Gasteiger charge is 2.17. The van der Waals surface area contributed by atoms with Crippen LogP contribution in [0.25, 0.3) is 0 Å². The zero-order valence-corrected chi connectivity index (χ0v) is 11.5. The van der Waals surface area contributed by atoms with Gasteiger partial charge in [-0.05, 0) is 17.9 Å². The Labute approximate surface area is 105 Å². The van der Waals surface area contributed by atoms with Crippen LogP contribution in [0.3, 0.4) is 0 Å². The van der Waals surface area contributed by atoms with Crippen LogP contribution in [0, 0.1) is 5.41 Å². The van der Waals surface area contributed by atoms with Crippen molar-refractivity contribution < 1.29 is 9.21 Å². The maximum atomic E-state index is 11.6. The summed E-state index contributed by atoms with van der Waals surface area (Å²) in [6.45, 7) is 7.17. The molecule has 0 aliphatic carbocycles. The Morgan fingerprint density at radius 1 is 1.56 bits per heavy atom. The van der Waals surface area contributed by atoms with Crippen LogP contribution < -0.4 is 5.32 Å². The Balaban J connectivity index is 2.32. The number of carbonyl (C=O) groups is 1. The third-order valence-electron chi connectivity index (χ3n) is 2.10. The number of hydrogen-bond acceptors (Lipinski definition) is 2. The number of hydrogen-bond donors (Lipinski definition) is 1. The van der Waals surface area contributed by atoms with Crippen molar-refractivity contribution in [1.29, 1.82) is 0 Å². The summed E-state index contributed by atoms with van der Waals surface area (Å²) in [5, 5.41) is 2.86. The minimum absolute atomic E-state index is 0.0906. The molecule has 0 saturated carbocycles. The lowest BCUT2D eigenvalue weighted by Gasteiger charge is -2.22. The predicted octanol–water partition coefficient (Wildman–Crippen LogP) is 3.21. The van der Waals surface area contributed by atoms with Crippen molar-refractivity contribution in [2.45, 2.75) is 32.0 Å². The van der Waals surface area contributed by atoms with Crippen molar-refractivity contribution in [3.8, 4) is 0 Å². The maximum absolute atomic E-state index is 11.6. The summed E-state index contributed by atoms with van der Waals surface area (Å²) in [5.41, 5.74) is 0.824. The van der Waals surface area contributed by atoms with Crippen LogP contribution in [0.15, 0.2) is 23.0 Å². The first kappa shape index (κ1) is 13.3. The molecule has 0 aromatic carbocycles. The van der Waals surface area contributed by atoms with Gasteiger partial charge in [0, 0.05) is 11.4 Å². The van der Waals surface area contributed by atoms with Crippen molar-refractivity contribution in [2.75, 3.05) is 6.54 Å². The summed E-state index contributed by atoms with van der Waals surface area (Å²) in [5.74, 6) is -0.0906. The second-order valence-corrected chi connectivity index (χ2v) is 6.38. The van der Waals surface area contributed by atoms with Crippen LogP contribution >= 0.6 is 15.9 Å². The fourth-order valence-corrected chi connectivity index (χ4v) is 2.57. The SMILES string of the molecule is CC(C)(C)CC(Br)CNC(=O)c1ccoc1. The quantitative estimate of drug-likeness (QED) is 0.864. The van der Waals surface area contributed by atoms with Crippen molar-refractivity contribution >= 4 is 21.8 Å². The molecule has 3 nitrogen and oxygen atoms in total. The number of alkyl halides is 1. The summed E-state index contributed by atoms with van der Waals surface area (Å²) in [4.78, 5) is 11.9. The minimum Gasteiger partial charge on any atom is -0.472 e. The van der Waals surface area contributed by atoms with Gasteiger partial charge in [0.1, 0.15) is 6.26 Å². The number of halogens is 1. The molecule has 1 aromatic heterocycles. The number of carbonyl (C=O) groups excluding carboxylic acids is 1. The maximum Gasteiger partial charge on any atom is 0.254 e.